The SMILES string of the molecule is CNCC1(F)CCCCC1. The Hall–Kier alpha value is -0.110. The summed E-state index contributed by atoms with van der Waals surface area (Å²) in [6.45, 7) is 0.535. The van der Waals surface area contributed by atoms with E-state index in [-0.39, 0.29) is 0 Å². The lowest BCUT2D eigenvalue weighted by Crippen LogP contribution is -2.36. The molecule has 60 valence electrons. The largest absolute Gasteiger partial charge is 0.317 e. The first-order valence-electron chi connectivity index (χ1n) is 4.10. The van der Waals surface area contributed by atoms with E-state index in [1.807, 2.05) is 7.05 Å². The Bertz CT molecular complexity index is 91.9. The highest BCUT2D eigenvalue weighted by atomic mass is 19.1. The van der Waals surface area contributed by atoms with E-state index in [0.717, 1.165) is 25.7 Å². The molecule has 0 aromatic carbocycles. The molecule has 1 aliphatic carbocycles. The maximum absolute atomic E-state index is 13.5. The van der Waals surface area contributed by atoms with Gasteiger partial charge >= 0.3 is 0 Å². The highest BCUT2D eigenvalue weighted by molar-refractivity contribution is 4.84. The van der Waals surface area contributed by atoms with Crippen molar-refractivity contribution in [2.24, 2.45) is 0 Å². The molecule has 10 heavy (non-hydrogen) atoms. The van der Waals surface area contributed by atoms with Crippen LogP contribution in [0.25, 0.3) is 0 Å². The van der Waals surface area contributed by atoms with Crippen LogP contribution in [0.15, 0.2) is 0 Å². The zero-order chi connectivity index (χ0) is 7.45. The van der Waals surface area contributed by atoms with Crippen molar-refractivity contribution < 1.29 is 4.39 Å². The molecule has 0 atom stereocenters. The average Bonchev–Trinajstić information content (AvgIpc) is 1.89. The van der Waals surface area contributed by atoms with E-state index in [1.165, 1.54) is 6.42 Å². The molecule has 1 N–H and O–H groups in total. The van der Waals surface area contributed by atoms with Gasteiger partial charge in [-0.25, -0.2) is 4.39 Å². The van der Waals surface area contributed by atoms with E-state index >= 15 is 0 Å². The van der Waals surface area contributed by atoms with Gasteiger partial charge in [-0.05, 0) is 19.9 Å². The summed E-state index contributed by atoms with van der Waals surface area (Å²) < 4.78 is 13.5. The van der Waals surface area contributed by atoms with Crippen LogP contribution in [0.2, 0.25) is 0 Å². The van der Waals surface area contributed by atoms with Crippen LogP contribution in [0, 0.1) is 0 Å². The Morgan fingerprint density at radius 3 is 2.40 bits per heavy atom. The summed E-state index contributed by atoms with van der Waals surface area (Å²) in [5.74, 6) is 0. The molecule has 0 bridgehead atoms. The minimum absolute atomic E-state index is 0.535. The van der Waals surface area contributed by atoms with Gasteiger partial charge in [0.05, 0.1) is 0 Å². The van der Waals surface area contributed by atoms with Crippen LogP contribution in [0.1, 0.15) is 32.1 Å². The van der Waals surface area contributed by atoms with Gasteiger partial charge in [0.15, 0.2) is 0 Å². The number of hydrogen-bond donors (Lipinski definition) is 1. The van der Waals surface area contributed by atoms with Gasteiger partial charge in [-0.2, -0.15) is 0 Å². The molecule has 1 fully saturated rings. The summed E-state index contributed by atoms with van der Waals surface area (Å²) in [6, 6.07) is 0. The van der Waals surface area contributed by atoms with Crippen molar-refractivity contribution >= 4 is 0 Å². The number of nitrogens with one attached hydrogen (secondary N) is 1. The van der Waals surface area contributed by atoms with Crippen LogP contribution in [0.3, 0.4) is 0 Å². The number of hydrogen-bond acceptors (Lipinski definition) is 1. The zero-order valence-electron chi connectivity index (χ0n) is 6.62. The minimum Gasteiger partial charge on any atom is -0.317 e. The standard InChI is InChI=1S/C8H16FN/c1-10-7-8(9)5-3-2-4-6-8/h10H,2-7H2,1H3. The Balaban J connectivity index is 2.32. The molecule has 0 amide bonds. The Kier molecular flexibility index (Phi) is 2.66. The third kappa shape index (κ3) is 1.94. The highest BCUT2D eigenvalue weighted by Crippen LogP contribution is 2.30. The fourth-order valence-electron chi connectivity index (χ4n) is 1.68. The smallest absolute Gasteiger partial charge is 0.123 e. The average molecular weight is 145 g/mol. The van der Waals surface area contributed by atoms with Crippen molar-refractivity contribution in [2.45, 2.75) is 37.8 Å². The molecular formula is C8H16FN. The van der Waals surface area contributed by atoms with Gasteiger partial charge in [0, 0.05) is 6.54 Å². The molecule has 0 aromatic rings. The summed E-state index contributed by atoms with van der Waals surface area (Å²) >= 11 is 0. The van der Waals surface area contributed by atoms with Gasteiger partial charge in [-0.3, -0.25) is 0 Å². The van der Waals surface area contributed by atoms with Crippen molar-refractivity contribution in [3.05, 3.63) is 0 Å². The molecule has 0 spiro atoms. The lowest BCUT2D eigenvalue weighted by Gasteiger charge is -2.28. The van der Waals surface area contributed by atoms with Crippen molar-refractivity contribution in [3.8, 4) is 0 Å². The summed E-state index contributed by atoms with van der Waals surface area (Å²) in [4.78, 5) is 0. The van der Waals surface area contributed by atoms with Crippen molar-refractivity contribution in [2.75, 3.05) is 13.6 Å². The van der Waals surface area contributed by atoms with Crippen LogP contribution in [-0.4, -0.2) is 19.3 Å². The third-order valence-electron chi connectivity index (χ3n) is 2.24. The van der Waals surface area contributed by atoms with Gasteiger partial charge in [0.1, 0.15) is 5.67 Å². The lowest BCUT2D eigenvalue weighted by atomic mass is 9.86. The van der Waals surface area contributed by atoms with E-state index in [9.17, 15) is 4.39 Å². The molecule has 2 heteroatoms. The summed E-state index contributed by atoms with van der Waals surface area (Å²) in [7, 11) is 1.82. The molecule has 1 rings (SSSR count). The van der Waals surface area contributed by atoms with Gasteiger partial charge in [0.25, 0.3) is 0 Å². The second kappa shape index (κ2) is 3.33. The molecular weight excluding hydrogens is 129 g/mol. The normalized spacial score (nSPS) is 24.6. The van der Waals surface area contributed by atoms with E-state index in [2.05, 4.69) is 5.32 Å². The lowest BCUT2D eigenvalue weighted by molar-refractivity contribution is 0.108. The quantitative estimate of drug-likeness (QED) is 0.625. The second-order valence-corrected chi connectivity index (χ2v) is 3.24. The van der Waals surface area contributed by atoms with Gasteiger partial charge in [0.2, 0.25) is 0 Å². The van der Waals surface area contributed by atoms with E-state index in [4.69, 9.17) is 0 Å². The first-order valence-corrected chi connectivity index (χ1v) is 4.10. The van der Waals surface area contributed by atoms with Crippen LogP contribution < -0.4 is 5.32 Å². The summed E-state index contributed by atoms with van der Waals surface area (Å²) in [5.41, 5.74) is -0.882. The fourth-order valence-corrected chi connectivity index (χ4v) is 1.68. The predicted molar refractivity (Wildman–Crippen MR) is 40.9 cm³/mol. The van der Waals surface area contributed by atoms with Crippen LogP contribution in [-0.2, 0) is 0 Å². The Morgan fingerprint density at radius 1 is 1.30 bits per heavy atom. The molecule has 0 unspecified atom stereocenters. The summed E-state index contributed by atoms with van der Waals surface area (Å²) in [6.07, 6.45) is 4.87. The van der Waals surface area contributed by atoms with E-state index in [0.29, 0.717) is 6.54 Å². The van der Waals surface area contributed by atoms with Gasteiger partial charge in [-0.15, -0.1) is 0 Å². The first-order chi connectivity index (χ1) is 4.77. The maximum Gasteiger partial charge on any atom is 0.123 e. The van der Waals surface area contributed by atoms with Crippen molar-refractivity contribution in [1.82, 2.24) is 5.32 Å². The predicted octanol–water partition coefficient (Wildman–Crippen LogP) is 1.88. The summed E-state index contributed by atoms with van der Waals surface area (Å²) in [5, 5.41) is 2.90. The Labute approximate surface area is 62.0 Å². The van der Waals surface area contributed by atoms with E-state index < -0.39 is 5.67 Å². The minimum atomic E-state index is -0.882. The van der Waals surface area contributed by atoms with Crippen LogP contribution in [0.4, 0.5) is 4.39 Å². The van der Waals surface area contributed by atoms with Crippen LogP contribution >= 0.6 is 0 Å². The maximum atomic E-state index is 13.5. The zero-order valence-corrected chi connectivity index (χ0v) is 6.62. The van der Waals surface area contributed by atoms with E-state index in [1.54, 1.807) is 0 Å². The third-order valence-corrected chi connectivity index (χ3v) is 2.24. The monoisotopic (exact) mass is 145 g/mol. The first kappa shape index (κ1) is 7.99. The van der Waals surface area contributed by atoms with Gasteiger partial charge in [-0.1, -0.05) is 19.3 Å². The molecule has 0 radical (unpaired) electrons. The fraction of sp³-hybridized carbons (Fsp3) is 1.00. The van der Waals surface area contributed by atoms with Gasteiger partial charge < -0.3 is 5.32 Å². The molecule has 1 saturated carbocycles. The number of halogens is 1. The molecule has 0 saturated heterocycles. The highest BCUT2D eigenvalue weighted by Gasteiger charge is 2.30. The van der Waals surface area contributed by atoms with Crippen LogP contribution in [0.5, 0.6) is 0 Å². The number of rotatable bonds is 2. The molecule has 1 nitrogen and oxygen atoms in total. The molecule has 0 aliphatic heterocycles. The second-order valence-electron chi connectivity index (χ2n) is 3.24. The topological polar surface area (TPSA) is 12.0 Å². The van der Waals surface area contributed by atoms with Crippen molar-refractivity contribution in [1.29, 1.82) is 0 Å². The molecule has 1 aliphatic rings. The molecule has 0 heterocycles. The molecule has 0 aromatic heterocycles. The van der Waals surface area contributed by atoms with Crippen molar-refractivity contribution in [3.63, 3.8) is 0 Å². The Morgan fingerprint density at radius 2 is 1.90 bits per heavy atom. The number of alkyl halides is 1.